The van der Waals surface area contributed by atoms with E-state index in [0.29, 0.717) is 16.5 Å². The Morgan fingerprint density at radius 2 is 2.06 bits per heavy atom. The lowest BCUT2D eigenvalue weighted by Gasteiger charge is -2.08. The molecule has 1 rings (SSSR count). The zero-order chi connectivity index (χ0) is 13.0. The third-order valence-electron chi connectivity index (χ3n) is 2.36. The lowest BCUT2D eigenvalue weighted by atomic mass is 10.0. The molecule has 1 aromatic carbocycles. The summed E-state index contributed by atoms with van der Waals surface area (Å²) in [6.07, 6.45) is 0. The van der Waals surface area contributed by atoms with Crippen LogP contribution in [0.1, 0.15) is 32.3 Å². The van der Waals surface area contributed by atoms with Gasteiger partial charge in [0, 0.05) is 13.0 Å². The van der Waals surface area contributed by atoms with Crippen LogP contribution in [0.5, 0.6) is 0 Å². The lowest BCUT2D eigenvalue weighted by molar-refractivity contribution is -0.736. The molecule has 0 unspecified atom stereocenters. The number of nitrogens with one attached hydrogen (secondary N) is 1. The van der Waals surface area contributed by atoms with Crippen LogP contribution in [0.2, 0.25) is 0 Å². The molecule has 0 spiro atoms. The minimum Gasteiger partial charge on any atom is -0.320 e. The van der Waals surface area contributed by atoms with Gasteiger partial charge >= 0.3 is 5.69 Å². The summed E-state index contributed by atoms with van der Waals surface area (Å²) in [5.41, 5.74) is 1.79. The first-order chi connectivity index (χ1) is 7.95. The van der Waals surface area contributed by atoms with Crippen LogP contribution in [0.15, 0.2) is 18.2 Å². The molecule has 0 aliphatic heterocycles. The summed E-state index contributed by atoms with van der Waals surface area (Å²) in [6.45, 7) is 5.48. The van der Waals surface area contributed by atoms with Crippen LogP contribution in [-0.2, 0) is 9.63 Å². The van der Waals surface area contributed by atoms with Crippen LogP contribution in [0.25, 0.3) is 0 Å². The van der Waals surface area contributed by atoms with Crippen molar-refractivity contribution >= 4 is 17.3 Å². The number of hydrogen-bond acceptors (Lipinski definition) is 3. The van der Waals surface area contributed by atoms with Crippen LogP contribution in [0.4, 0.5) is 11.4 Å². The largest absolute Gasteiger partial charge is 0.340 e. The number of anilines is 1. The summed E-state index contributed by atoms with van der Waals surface area (Å²) < 4.78 is 0. The first-order valence-corrected chi connectivity index (χ1v) is 5.38. The molecule has 0 bridgehead atoms. The highest BCUT2D eigenvalue weighted by Gasteiger charge is 2.22. The molecule has 0 aromatic heterocycles. The molecule has 0 aliphatic rings. The van der Waals surface area contributed by atoms with E-state index in [1.54, 1.807) is 12.1 Å². The van der Waals surface area contributed by atoms with Gasteiger partial charge in [0.25, 0.3) is 4.92 Å². The predicted molar refractivity (Wildman–Crippen MR) is 65.1 cm³/mol. The van der Waals surface area contributed by atoms with E-state index in [4.69, 9.17) is 0 Å². The van der Waals surface area contributed by atoms with Crippen molar-refractivity contribution in [3.05, 3.63) is 28.7 Å². The molecule has 17 heavy (non-hydrogen) atoms. The highest BCUT2D eigenvalue weighted by Crippen LogP contribution is 2.28. The van der Waals surface area contributed by atoms with Gasteiger partial charge in [-0.2, -0.15) is 0 Å². The highest BCUT2D eigenvalue weighted by atomic mass is 16.8. The second-order valence-corrected chi connectivity index (χ2v) is 4.05. The maximum Gasteiger partial charge on any atom is 0.340 e. The fraction of sp³-hybridized carbons (Fsp3) is 0.417. The summed E-state index contributed by atoms with van der Waals surface area (Å²) in [5, 5.41) is 2.62. The Kier molecular flexibility index (Phi) is 4.20. The minimum atomic E-state index is -0.225. The summed E-state index contributed by atoms with van der Waals surface area (Å²) in [5.74, 6) is 0.0934. The van der Waals surface area contributed by atoms with Crippen molar-refractivity contribution in [3.63, 3.8) is 0 Å². The number of carbonyl (C=O) groups is 1. The molecule has 0 aliphatic carbocycles. The molecule has 0 fully saturated rings. The Balaban J connectivity index is 3.21. The van der Waals surface area contributed by atoms with Crippen molar-refractivity contribution in [3.8, 4) is 0 Å². The fourth-order valence-electron chi connectivity index (χ4n) is 1.46. The maximum absolute atomic E-state index is 11.4. The van der Waals surface area contributed by atoms with E-state index in [-0.39, 0.29) is 11.6 Å². The van der Waals surface area contributed by atoms with Crippen LogP contribution >= 0.6 is 0 Å². The van der Waals surface area contributed by atoms with Gasteiger partial charge in [-0.25, -0.2) is 4.84 Å². The van der Waals surface area contributed by atoms with Crippen molar-refractivity contribution in [1.82, 2.24) is 0 Å². The van der Waals surface area contributed by atoms with Crippen molar-refractivity contribution < 1.29 is 14.6 Å². The van der Waals surface area contributed by atoms with E-state index >= 15 is 0 Å². The third kappa shape index (κ3) is 3.27. The summed E-state index contributed by atoms with van der Waals surface area (Å²) in [4.78, 5) is 27.5. The molecular weight excluding hydrogens is 220 g/mol. The van der Waals surface area contributed by atoms with Crippen LogP contribution in [0, 0.1) is 4.91 Å². The molecule has 0 radical (unpaired) electrons. The van der Waals surface area contributed by atoms with Crippen molar-refractivity contribution in [1.29, 1.82) is 0 Å². The summed E-state index contributed by atoms with van der Waals surface area (Å²) >= 11 is 0. The Morgan fingerprint density at radius 3 is 2.53 bits per heavy atom. The topological polar surface area (TPSA) is 58.4 Å². The number of benzene rings is 1. The standard InChI is InChI=1S/C12H16N2O3/c1-8(2)10-5-6-12(14(16)17-4)11(7-10)13-9(3)15/h5-8H,1-4H3/p+1. The van der Waals surface area contributed by atoms with Gasteiger partial charge in [-0.1, -0.05) is 19.9 Å². The second-order valence-electron chi connectivity index (χ2n) is 4.05. The first kappa shape index (κ1) is 13.2. The van der Waals surface area contributed by atoms with E-state index in [1.807, 2.05) is 19.9 Å². The molecule has 0 saturated carbocycles. The maximum atomic E-state index is 11.4. The van der Waals surface area contributed by atoms with Crippen LogP contribution in [0.3, 0.4) is 0 Å². The Labute approximate surface area is 100 Å². The Morgan fingerprint density at radius 1 is 1.41 bits per heavy atom. The van der Waals surface area contributed by atoms with Crippen molar-refractivity contribution in [2.24, 2.45) is 0 Å². The Bertz CT molecular complexity index is 441. The van der Waals surface area contributed by atoms with Crippen molar-refractivity contribution in [2.45, 2.75) is 26.7 Å². The highest BCUT2D eigenvalue weighted by molar-refractivity contribution is 5.91. The van der Waals surface area contributed by atoms with Gasteiger partial charge in [0.05, 0.1) is 4.91 Å². The smallest absolute Gasteiger partial charge is 0.320 e. The summed E-state index contributed by atoms with van der Waals surface area (Å²) in [7, 11) is 1.28. The van der Waals surface area contributed by atoms with Crippen LogP contribution in [-0.4, -0.2) is 17.9 Å². The second kappa shape index (κ2) is 5.43. The number of carbonyl (C=O) groups excluding carboxylic acids is 1. The molecule has 1 N–H and O–H groups in total. The van der Waals surface area contributed by atoms with E-state index in [1.165, 1.54) is 14.0 Å². The molecule has 0 atom stereocenters. The van der Waals surface area contributed by atoms with E-state index in [0.717, 1.165) is 5.56 Å². The van der Waals surface area contributed by atoms with Gasteiger partial charge in [-0.15, -0.1) is 0 Å². The molecular formula is C12H17N2O3+. The van der Waals surface area contributed by atoms with Crippen molar-refractivity contribution in [2.75, 3.05) is 12.4 Å². The molecule has 0 saturated heterocycles. The average Bonchev–Trinajstić information content (AvgIpc) is 2.27. The lowest BCUT2D eigenvalue weighted by Crippen LogP contribution is -2.10. The summed E-state index contributed by atoms with van der Waals surface area (Å²) in [6, 6.07) is 5.26. The Hall–Kier alpha value is -1.91. The zero-order valence-corrected chi connectivity index (χ0v) is 10.5. The minimum absolute atomic E-state index is 0.225. The first-order valence-electron chi connectivity index (χ1n) is 5.38. The van der Waals surface area contributed by atoms with Gasteiger partial charge in [0.1, 0.15) is 5.69 Å². The number of hydrogen-bond donors (Lipinski definition) is 1. The molecule has 5 heteroatoms. The van der Waals surface area contributed by atoms with Gasteiger partial charge in [0.2, 0.25) is 5.91 Å². The average molecular weight is 237 g/mol. The van der Waals surface area contributed by atoms with Gasteiger partial charge in [0.15, 0.2) is 7.11 Å². The molecule has 1 aromatic rings. The normalized spacial score (nSPS) is 10.2. The van der Waals surface area contributed by atoms with E-state index < -0.39 is 0 Å². The van der Waals surface area contributed by atoms with Crippen LogP contribution < -0.4 is 5.32 Å². The van der Waals surface area contributed by atoms with E-state index in [2.05, 4.69) is 10.2 Å². The molecule has 0 heterocycles. The fourth-order valence-corrected chi connectivity index (χ4v) is 1.46. The van der Waals surface area contributed by atoms with Gasteiger partial charge in [-0.3, -0.25) is 4.79 Å². The SMILES string of the molecule is CO[N+](=O)c1ccc(C(C)C)cc1NC(C)=O. The third-order valence-corrected chi connectivity index (χ3v) is 2.36. The van der Waals surface area contributed by atoms with Gasteiger partial charge in [-0.05, 0) is 17.5 Å². The molecule has 1 amide bonds. The quantitative estimate of drug-likeness (QED) is 0.819. The number of amides is 1. The predicted octanol–water partition coefficient (Wildman–Crippen LogP) is 2.74. The van der Waals surface area contributed by atoms with E-state index in [9.17, 15) is 9.70 Å². The molecule has 5 nitrogen and oxygen atoms in total. The zero-order valence-electron chi connectivity index (χ0n) is 10.5. The number of nitrogens with zero attached hydrogens (tertiary/aromatic N) is 1. The van der Waals surface area contributed by atoms with Gasteiger partial charge < -0.3 is 5.32 Å². The molecule has 92 valence electrons. The number of rotatable bonds is 4. The monoisotopic (exact) mass is 237 g/mol.